The number of hydrogen-bond donors (Lipinski definition) is 1. The van der Waals surface area contributed by atoms with E-state index < -0.39 is 17.7 Å². The third-order valence-corrected chi connectivity index (χ3v) is 7.38. The summed E-state index contributed by atoms with van der Waals surface area (Å²) < 4.78 is 6.62. The average Bonchev–Trinajstić information content (AvgIpc) is 3.41. The summed E-state index contributed by atoms with van der Waals surface area (Å²) >= 11 is 7.35. The van der Waals surface area contributed by atoms with Gasteiger partial charge in [-0.15, -0.1) is 0 Å². The summed E-state index contributed by atoms with van der Waals surface area (Å²) in [4.78, 5) is 33.1. The molecule has 3 aromatic carbocycles. The highest BCUT2D eigenvalue weighted by molar-refractivity contribution is 7.22. The van der Waals surface area contributed by atoms with Crippen molar-refractivity contribution in [3.63, 3.8) is 0 Å². The Morgan fingerprint density at radius 3 is 2.65 bits per heavy atom. The van der Waals surface area contributed by atoms with Crippen LogP contribution in [0.5, 0.6) is 5.75 Å². The van der Waals surface area contributed by atoms with Crippen LogP contribution in [-0.4, -0.2) is 28.4 Å². The number of rotatable bonds is 6. The fourth-order valence-corrected chi connectivity index (χ4v) is 5.79. The largest absolute Gasteiger partial charge is 0.507 e. The summed E-state index contributed by atoms with van der Waals surface area (Å²) in [5.74, 6) is -1.29. The fourth-order valence-electron chi connectivity index (χ4n) is 4.50. The third-order valence-electron chi connectivity index (χ3n) is 6.13. The van der Waals surface area contributed by atoms with Crippen LogP contribution < -0.4 is 9.64 Å². The second kappa shape index (κ2) is 9.84. The van der Waals surface area contributed by atoms with Gasteiger partial charge in [-0.3, -0.25) is 14.5 Å². The van der Waals surface area contributed by atoms with E-state index >= 15 is 0 Å². The van der Waals surface area contributed by atoms with Crippen molar-refractivity contribution < 1.29 is 19.4 Å². The van der Waals surface area contributed by atoms with Crippen molar-refractivity contribution in [1.29, 1.82) is 0 Å². The van der Waals surface area contributed by atoms with Crippen LogP contribution in [-0.2, 0) is 9.59 Å². The number of ketones is 1. The highest BCUT2D eigenvalue weighted by atomic mass is 35.5. The maximum absolute atomic E-state index is 13.5. The van der Waals surface area contributed by atoms with Gasteiger partial charge in [-0.25, -0.2) is 4.98 Å². The van der Waals surface area contributed by atoms with Crippen LogP contribution in [0.1, 0.15) is 28.3 Å². The van der Waals surface area contributed by atoms with Crippen molar-refractivity contribution in [2.24, 2.45) is 0 Å². The molecule has 2 heterocycles. The number of nitrogens with zero attached hydrogens (tertiary/aromatic N) is 2. The van der Waals surface area contributed by atoms with Gasteiger partial charge in [0.05, 0.1) is 21.8 Å². The number of aliphatic hydroxyl groups is 1. The summed E-state index contributed by atoms with van der Waals surface area (Å²) in [7, 11) is 0. The van der Waals surface area contributed by atoms with Gasteiger partial charge in [0.15, 0.2) is 5.13 Å². The molecule has 1 saturated heterocycles. The van der Waals surface area contributed by atoms with Gasteiger partial charge in [0, 0.05) is 10.6 Å². The first-order valence-corrected chi connectivity index (χ1v) is 12.8. The molecule has 0 saturated carbocycles. The molecule has 0 radical (unpaired) electrons. The minimum atomic E-state index is -0.912. The zero-order valence-corrected chi connectivity index (χ0v) is 21.8. The lowest BCUT2D eigenvalue weighted by molar-refractivity contribution is -0.132. The minimum Gasteiger partial charge on any atom is -0.507 e. The number of carbonyl (C=O) groups excluding carboxylic acids is 2. The molecule has 1 aromatic heterocycles. The van der Waals surface area contributed by atoms with Gasteiger partial charge in [-0.1, -0.05) is 53.8 Å². The van der Waals surface area contributed by atoms with Gasteiger partial charge < -0.3 is 9.84 Å². The van der Waals surface area contributed by atoms with Crippen LogP contribution in [0.25, 0.3) is 16.0 Å². The Balaban J connectivity index is 1.72. The molecule has 1 aliphatic heterocycles. The second-order valence-electron chi connectivity index (χ2n) is 8.77. The molecule has 4 aromatic rings. The van der Waals surface area contributed by atoms with E-state index in [4.69, 9.17) is 21.3 Å². The molecule has 37 heavy (non-hydrogen) atoms. The Bertz CT molecular complexity index is 1590. The minimum absolute atomic E-state index is 0.0275. The summed E-state index contributed by atoms with van der Waals surface area (Å²) in [5.41, 5.74) is 3.78. The first kappa shape index (κ1) is 24.7. The zero-order chi connectivity index (χ0) is 26.3. The van der Waals surface area contributed by atoms with Crippen molar-refractivity contribution in [3.8, 4) is 5.75 Å². The Labute approximate surface area is 223 Å². The number of ether oxygens (including phenoxy) is 1. The van der Waals surface area contributed by atoms with Gasteiger partial charge >= 0.3 is 5.91 Å². The van der Waals surface area contributed by atoms with E-state index in [0.717, 1.165) is 21.3 Å². The van der Waals surface area contributed by atoms with E-state index in [-0.39, 0.29) is 11.3 Å². The topological polar surface area (TPSA) is 79.7 Å². The van der Waals surface area contributed by atoms with Gasteiger partial charge in [-0.05, 0) is 73.0 Å². The fraction of sp³-hybridized carbons (Fsp3) is 0.138. The predicted molar refractivity (Wildman–Crippen MR) is 147 cm³/mol. The van der Waals surface area contributed by atoms with Crippen molar-refractivity contribution in [3.05, 3.63) is 106 Å². The molecular weight excluding hydrogens is 508 g/mol. The molecule has 186 valence electrons. The normalized spacial score (nSPS) is 16.9. The average molecular weight is 531 g/mol. The smallest absolute Gasteiger partial charge is 0.301 e. The number of aliphatic hydroxyl groups excluding tert-OH is 1. The Morgan fingerprint density at radius 2 is 1.92 bits per heavy atom. The molecule has 5 rings (SSSR count). The predicted octanol–water partition coefficient (Wildman–Crippen LogP) is 6.76. The number of thiazole rings is 1. The van der Waals surface area contributed by atoms with Crippen LogP contribution in [0.2, 0.25) is 5.02 Å². The summed E-state index contributed by atoms with van der Waals surface area (Å²) in [6, 6.07) is 16.7. The van der Waals surface area contributed by atoms with E-state index in [0.29, 0.717) is 33.6 Å². The van der Waals surface area contributed by atoms with E-state index in [2.05, 4.69) is 6.58 Å². The lowest BCUT2D eigenvalue weighted by atomic mass is 9.95. The highest BCUT2D eigenvalue weighted by Gasteiger charge is 2.48. The maximum atomic E-state index is 13.5. The van der Waals surface area contributed by atoms with Gasteiger partial charge in [0.1, 0.15) is 18.1 Å². The van der Waals surface area contributed by atoms with Crippen LogP contribution in [0.4, 0.5) is 5.13 Å². The molecule has 1 aliphatic rings. The standard InChI is InChI=1S/C29H23ClN2O4S/c1-4-12-36-21-7-5-6-19(15-21)25-23(26(33)18-8-10-20(30)11-9-18)27(34)28(35)32(25)29-31-24-17(3)13-16(2)14-22(24)37-29/h4-11,13-15,25,33H,1,12H2,2-3H3. The zero-order valence-electron chi connectivity index (χ0n) is 20.2. The molecular formula is C29H23ClN2O4S. The molecule has 1 unspecified atom stereocenters. The van der Waals surface area contributed by atoms with E-state index in [1.54, 1.807) is 54.6 Å². The Morgan fingerprint density at radius 1 is 1.16 bits per heavy atom. The quantitative estimate of drug-likeness (QED) is 0.129. The first-order chi connectivity index (χ1) is 17.8. The second-order valence-corrected chi connectivity index (χ2v) is 10.2. The summed E-state index contributed by atoms with van der Waals surface area (Å²) in [5, 5.41) is 12.2. The SMILES string of the molecule is C=CCOc1cccc(C2C(=C(O)c3ccc(Cl)cc3)C(=O)C(=O)N2c2nc3c(C)cc(C)cc3s2)c1. The van der Waals surface area contributed by atoms with E-state index in [9.17, 15) is 14.7 Å². The van der Waals surface area contributed by atoms with Crippen LogP contribution in [0.15, 0.2) is 78.9 Å². The molecule has 1 atom stereocenters. The number of fused-ring (bicyclic) bond motifs is 1. The number of anilines is 1. The van der Waals surface area contributed by atoms with Crippen LogP contribution >= 0.6 is 22.9 Å². The lowest BCUT2D eigenvalue weighted by Crippen LogP contribution is -2.29. The van der Waals surface area contributed by atoms with Crippen LogP contribution in [0, 0.1) is 13.8 Å². The third kappa shape index (κ3) is 4.52. The number of hydrogen-bond acceptors (Lipinski definition) is 6. The molecule has 0 spiro atoms. The first-order valence-electron chi connectivity index (χ1n) is 11.6. The van der Waals surface area contributed by atoms with E-state index in [1.807, 2.05) is 26.0 Å². The monoisotopic (exact) mass is 530 g/mol. The Hall–Kier alpha value is -3.94. The molecule has 1 N–H and O–H groups in total. The van der Waals surface area contributed by atoms with Gasteiger partial charge in [-0.2, -0.15) is 0 Å². The summed E-state index contributed by atoms with van der Waals surface area (Å²) in [6.07, 6.45) is 1.63. The molecule has 8 heteroatoms. The Kier molecular flexibility index (Phi) is 6.58. The highest BCUT2D eigenvalue weighted by Crippen LogP contribution is 2.45. The van der Waals surface area contributed by atoms with Gasteiger partial charge in [0.2, 0.25) is 0 Å². The maximum Gasteiger partial charge on any atom is 0.301 e. The van der Waals surface area contributed by atoms with Crippen molar-refractivity contribution in [1.82, 2.24) is 4.98 Å². The van der Waals surface area contributed by atoms with Crippen molar-refractivity contribution in [2.45, 2.75) is 19.9 Å². The number of amides is 1. The van der Waals surface area contributed by atoms with Crippen LogP contribution in [0.3, 0.4) is 0 Å². The van der Waals surface area contributed by atoms with Gasteiger partial charge in [0.25, 0.3) is 5.78 Å². The molecule has 0 aliphatic carbocycles. The molecule has 0 bridgehead atoms. The number of benzene rings is 3. The number of aromatic nitrogens is 1. The molecule has 6 nitrogen and oxygen atoms in total. The lowest BCUT2D eigenvalue weighted by Gasteiger charge is -2.23. The van der Waals surface area contributed by atoms with Crippen molar-refractivity contribution >= 4 is 55.7 Å². The number of carbonyl (C=O) groups is 2. The van der Waals surface area contributed by atoms with Crippen molar-refractivity contribution in [2.75, 3.05) is 11.5 Å². The summed E-state index contributed by atoms with van der Waals surface area (Å²) in [6.45, 7) is 7.94. The molecule has 1 amide bonds. The number of Topliss-reactive ketones (excluding diaryl/α,β-unsaturated/α-hetero) is 1. The number of halogens is 1. The molecule has 1 fully saturated rings. The number of aryl methyl sites for hydroxylation is 2. The van der Waals surface area contributed by atoms with E-state index in [1.165, 1.54) is 16.2 Å².